The predicted octanol–water partition coefficient (Wildman–Crippen LogP) is 2.51. The Morgan fingerprint density at radius 2 is 1.88 bits per heavy atom. The summed E-state index contributed by atoms with van der Waals surface area (Å²) in [6, 6.07) is 0.484. The molecule has 4 heteroatoms. The van der Waals surface area contributed by atoms with Crippen molar-refractivity contribution in [3.8, 4) is 0 Å². The zero-order valence-corrected chi connectivity index (χ0v) is 12.0. The molecule has 0 aliphatic rings. The van der Waals surface area contributed by atoms with Crippen LogP contribution in [0.4, 0.5) is 0 Å². The first kappa shape index (κ1) is 16.2. The van der Waals surface area contributed by atoms with Gasteiger partial charge in [0.1, 0.15) is 0 Å². The lowest BCUT2D eigenvalue weighted by Gasteiger charge is -2.31. The van der Waals surface area contributed by atoms with Crippen LogP contribution in [0, 0.1) is 0 Å². The number of nitrogens with zero attached hydrogens (tertiary/aromatic N) is 2. The van der Waals surface area contributed by atoms with Crippen molar-refractivity contribution in [2.45, 2.75) is 65.8 Å². The first-order chi connectivity index (χ1) is 8.21. The number of hydrogen-bond donors (Lipinski definition) is 2. The molecule has 0 heterocycles. The van der Waals surface area contributed by atoms with Gasteiger partial charge >= 0.3 is 0 Å². The van der Waals surface area contributed by atoms with Crippen LogP contribution >= 0.6 is 0 Å². The molecule has 0 saturated carbocycles. The monoisotopic (exact) mass is 242 g/mol. The summed E-state index contributed by atoms with van der Waals surface area (Å²) in [6.07, 6.45) is 5.77. The lowest BCUT2D eigenvalue weighted by atomic mass is 10.2. The minimum absolute atomic E-state index is 0.484. The van der Waals surface area contributed by atoms with E-state index in [0.717, 1.165) is 31.9 Å². The van der Waals surface area contributed by atoms with Gasteiger partial charge < -0.3 is 4.90 Å². The van der Waals surface area contributed by atoms with Crippen LogP contribution in [-0.4, -0.2) is 30.0 Å². The Hall–Kier alpha value is -0.770. The summed E-state index contributed by atoms with van der Waals surface area (Å²) < 4.78 is 0. The van der Waals surface area contributed by atoms with Crippen molar-refractivity contribution >= 4 is 5.96 Å². The van der Waals surface area contributed by atoms with E-state index in [-0.39, 0.29) is 0 Å². The molecule has 1 unspecified atom stereocenters. The number of nitrogens with one attached hydrogen (secondary N) is 1. The average Bonchev–Trinajstić information content (AvgIpc) is 2.36. The molecule has 1 atom stereocenters. The largest absolute Gasteiger partial charge is 0.339 e. The quantitative estimate of drug-likeness (QED) is 0.226. The van der Waals surface area contributed by atoms with E-state index in [9.17, 15) is 0 Å². The Labute approximate surface area is 107 Å². The fourth-order valence-corrected chi connectivity index (χ4v) is 1.65. The number of rotatable bonds is 8. The van der Waals surface area contributed by atoms with Crippen molar-refractivity contribution in [1.29, 1.82) is 0 Å². The van der Waals surface area contributed by atoms with Crippen molar-refractivity contribution in [2.24, 2.45) is 10.8 Å². The molecule has 0 radical (unpaired) electrons. The number of unbranched alkanes of at least 4 members (excludes halogenated alkanes) is 2. The summed E-state index contributed by atoms with van der Waals surface area (Å²) in [7, 11) is 0. The molecule has 0 amide bonds. The molecular weight excluding hydrogens is 212 g/mol. The van der Waals surface area contributed by atoms with Crippen LogP contribution in [0.1, 0.15) is 59.8 Å². The van der Waals surface area contributed by atoms with Gasteiger partial charge in [-0.25, -0.2) is 5.84 Å². The zero-order chi connectivity index (χ0) is 13.1. The minimum Gasteiger partial charge on any atom is -0.339 e. The topological polar surface area (TPSA) is 53.6 Å². The van der Waals surface area contributed by atoms with E-state index in [4.69, 9.17) is 5.84 Å². The molecule has 0 aromatic rings. The van der Waals surface area contributed by atoms with E-state index in [1.54, 1.807) is 0 Å². The van der Waals surface area contributed by atoms with Gasteiger partial charge in [-0.05, 0) is 26.2 Å². The summed E-state index contributed by atoms with van der Waals surface area (Å²) in [5.74, 6) is 6.45. The molecule has 0 bridgehead atoms. The second kappa shape index (κ2) is 10.4. The third-order valence-electron chi connectivity index (χ3n) is 3.05. The Morgan fingerprint density at radius 3 is 2.35 bits per heavy atom. The van der Waals surface area contributed by atoms with E-state index in [2.05, 4.69) is 43.0 Å². The normalized spacial score (nSPS) is 13.6. The van der Waals surface area contributed by atoms with Gasteiger partial charge in [0.2, 0.25) is 5.96 Å². The van der Waals surface area contributed by atoms with Crippen LogP contribution in [0.15, 0.2) is 4.99 Å². The molecule has 3 N–H and O–H groups in total. The Kier molecular flexibility index (Phi) is 9.92. The Balaban J connectivity index is 4.52. The fourth-order valence-electron chi connectivity index (χ4n) is 1.65. The van der Waals surface area contributed by atoms with Crippen LogP contribution in [0.3, 0.4) is 0 Å². The smallest absolute Gasteiger partial charge is 0.208 e. The predicted molar refractivity (Wildman–Crippen MR) is 75.9 cm³/mol. The number of hydrogen-bond acceptors (Lipinski definition) is 2. The zero-order valence-electron chi connectivity index (χ0n) is 12.0. The van der Waals surface area contributed by atoms with Gasteiger partial charge in [0.15, 0.2) is 0 Å². The molecular formula is C13H30N4. The van der Waals surface area contributed by atoms with Crippen molar-refractivity contribution < 1.29 is 0 Å². The standard InChI is InChI=1S/C13H30N4/c1-5-8-10-15-13(16-14)17(11-9-6-2)12(4)7-3/h12H,5-11,14H2,1-4H3,(H,15,16). The van der Waals surface area contributed by atoms with Crippen LogP contribution in [-0.2, 0) is 0 Å². The second-order valence-corrected chi connectivity index (χ2v) is 4.51. The van der Waals surface area contributed by atoms with Gasteiger partial charge in [0, 0.05) is 19.1 Å². The summed E-state index contributed by atoms with van der Waals surface area (Å²) in [5, 5.41) is 0. The molecule has 0 rings (SSSR count). The molecule has 17 heavy (non-hydrogen) atoms. The first-order valence-electron chi connectivity index (χ1n) is 6.98. The summed E-state index contributed by atoms with van der Waals surface area (Å²) >= 11 is 0. The number of nitrogens with two attached hydrogens (primary N) is 1. The summed E-state index contributed by atoms with van der Waals surface area (Å²) in [4.78, 5) is 6.85. The number of hydrazine groups is 1. The molecule has 0 aliphatic carbocycles. The van der Waals surface area contributed by atoms with Gasteiger partial charge in [0.05, 0.1) is 0 Å². The van der Waals surface area contributed by atoms with Crippen LogP contribution in [0.2, 0.25) is 0 Å². The van der Waals surface area contributed by atoms with Crippen molar-refractivity contribution in [2.75, 3.05) is 13.1 Å². The van der Waals surface area contributed by atoms with E-state index < -0.39 is 0 Å². The minimum atomic E-state index is 0.484. The van der Waals surface area contributed by atoms with Crippen LogP contribution in [0.5, 0.6) is 0 Å². The highest BCUT2D eigenvalue weighted by Crippen LogP contribution is 2.06. The van der Waals surface area contributed by atoms with Crippen LogP contribution < -0.4 is 11.3 Å². The Morgan fingerprint density at radius 1 is 1.24 bits per heavy atom. The average molecular weight is 242 g/mol. The highest BCUT2D eigenvalue weighted by Gasteiger charge is 2.15. The SMILES string of the molecule is CCCCN=C(NN)N(CCCC)C(C)CC. The molecule has 0 aliphatic heterocycles. The Bertz CT molecular complexity index is 204. The second-order valence-electron chi connectivity index (χ2n) is 4.51. The molecule has 0 saturated heterocycles. The van der Waals surface area contributed by atoms with Gasteiger partial charge in [-0.1, -0.05) is 33.6 Å². The maximum Gasteiger partial charge on any atom is 0.208 e. The maximum atomic E-state index is 5.60. The van der Waals surface area contributed by atoms with E-state index in [1.165, 1.54) is 19.3 Å². The number of guanidine groups is 1. The highest BCUT2D eigenvalue weighted by molar-refractivity contribution is 5.79. The fraction of sp³-hybridized carbons (Fsp3) is 0.923. The molecule has 0 aromatic carbocycles. The number of aliphatic imine (C=N–C) groups is 1. The molecule has 102 valence electrons. The van der Waals surface area contributed by atoms with Crippen LogP contribution in [0.25, 0.3) is 0 Å². The summed E-state index contributed by atoms with van der Waals surface area (Å²) in [6.45, 7) is 10.7. The van der Waals surface area contributed by atoms with E-state index >= 15 is 0 Å². The molecule has 0 aromatic heterocycles. The third kappa shape index (κ3) is 6.51. The van der Waals surface area contributed by atoms with Crippen molar-refractivity contribution in [3.63, 3.8) is 0 Å². The van der Waals surface area contributed by atoms with Gasteiger partial charge in [-0.15, -0.1) is 0 Å². The lowest BCUT2D eigenvalue weighted by Crippen LogP contribution is -2.49. The van der Waals surface area contributed by atoms with Crippen molar-refractivity contribution in [1.82, 2.24) is 10.3 Å². The maximum absolute atomic E-state index is 5.60. The molecule has 0 spiro atoms. The van der Waals surface area contributed by atoms with Gasteiger partial charge in [-0.3, -0.25) is 10.4 Å². The highest BCUT2D eigenvalue weighted by atomic mass is 15.4. The van der Waals surface area contributed by atoms with E-state index in [0.29, 0.717) is 6.04 Å². The molecule has 0 fully saturated rings. The van der Waals surface area contributed by atoms with Crippen molar-refractivity contribution in [3.05, 3.63) is 0 Å². The third-order valence-corrected chi connectivity index (χ3v) is 3.05. The first-order valence-corrected chi connectivity index (χ1v) is 6.98. The molecule has 4 nitrogen and oxygen atoms in total. The lowest BCUT2D eigenvalue weighted by molar-refractivity contribution is 0.306. The van der Waals surface area contributed by atoms with Gasteiger partial charge in [-0.2, -0.15) is 0 Å². The summed E-state index contributed by atoms with van der Waals surface area (Å²) in [5.41, 5.74) is 2.76. The van der Waals surface area contributed by atoms with Gasteiger partial charge in [0.25, 0.3) is 0 Å². The van der Waals surface area contributed by atoms with E-state index in [1.807, 2.05) is 0 Å².